The summed E-state index contributed by atoms with van der Waals surface area (Å²) in [5, 5.41) is 19.3. The summed E-state index contributed by atoms with van der Waals surface area (Å²) in [6, 6.07) is 14.5. The molecule has 0 atom stereocenters. The van der Waals surface area contributed by atoms with E-state index in [2.05, 4.69) is 21.8 Å². The number of nitrogen functional groups attached to an aromatic ring is 1. The van der Waals surface area contributed by atoms with Gasteiger partial charge >= 0.3 is 6.03 Å². The number of ether oxygens (including phenoxy) is 1. The van der Waals surface area contributed by atoms with Crippen molar-refractivity contribution in [2.45, 2.75) is 12.8 Å². The Morgan fingerprint density at radius 3 is 2.70 bits per heavy atom. The second-order valence-electron chi connectivity index (χ2n) is 6.39. The van der Waals surface area contributed by atoms with Crippen molar-refractivity contribution in [2.75, 3.05) is 24.7 Å². The third kappa shape index (κ3) is 4.67. The van der Waals surface area contributed by atoms with Gasteiger partial charge in [-0.3, -0.25) is 0 Å². The van der Waals surface area contributed by atoms with Crippen LogP contribution in [0.2, 0.25) is 0 Å². The molecule has 3 aromatic rings. The molecule has 0 bridgehead atoms. The molecule has 2 amide bonds. The van der Waals surface area contributed by atoms with E-state index in [0.29, 0.717) is 42.2 Å². The monoisotopic (exact) mass is 408 g/mol. The molecule has 4 N–H and O–H groups in total. The maximum atomic E-state index is 13.1. The van der Waals surface area contributed by atoms with E-state index in [0.717, 1.165) is 0 Å². The van der Waals surface area contributed by atoms with Gasteiger partial charge in [0.25, 0.3) is 0 Å². The van der Waals surface area contributed by atoms with Crippen molar-refractivity contribution in [3.63, 3.8) is 0 Å². The van der Waals surface area contributed by atoms with E-state index in [1.54, 1.807) is 18.2 Å². The van der Waals surface area contributed by atoms with Crippen molar-refractivity contribution in [3.8, 4) is 17.5 Å². The molecule has 0 fully saturated rings. The van der Waals surface area contributed by atoms with Gasteiger partial charge in [-0.2, -0.15) is 10.4 Å². The van der Waals surface area contributed by atoms with Crippen LogP contribution in [-0.4, -0.2) is 29.5 Å². The van der Waals surface area contributed by atoms with E-state index < -0.39 is 0 Å². The van der Waals surface area contributed by atoms with Gasteiger partial charge in [-0.25, -0.2) is 13.9 Å². The molecule has 0 unspecified atom stereocenters. The lowest BCUT2D eigenvalue weighted by atomic mass is 10.1. The van der Waals surface area contributed by atoms with Gasteiger partial charge in [0, 0.05) is 6.54 Å². The molecule has 0 aliphatic rings. The van der Waals surface area contributed by atoms with Crippen LogP contribution in [0.25, 0.3) is 5.69 Å². The lowest BCUT2D eigenvalue weighted by molar-refractivity contribution is 0.252. The van der Waals surface area contributed by atoms with Crippen LogP contribution in [0.4, 0.5) is 20.7 Å². The number of hydrogen-bond donors (Lipinski definition) is 3. The normalized spacial score (nSPS) is 10.3. The number of nitrogens with one attached hydrogen (secondary N) is 2. The molecule has 3 rings (SSSR count). The number of aryl methyl sites for hydroxylation is 1. The fourth-order valence-corrected chi connectivity index (χ4v) is 2.93. The van der Waals surface area contributed by atoms with E-state index in [1.807, 2.05) is 6.07 Å². The fraction of sp³-hybridized carbons (Fsp3) is 0.190. The molecule has 0 saturated heterocycles. The Morgan fingerprint density at radius 2 is 2.00 bits per heavy atom. The van der Waals surface area contributed by atoms with Crippen molar-refractivity contribution in [1.29, 1.82) is 5.26 Å². The number of aromatic nitrogens is 2. The van der Waals surface area contributed by atoms with Crippen molar-refractivity contribution < 1.29 is 13.9 Å². The topological polar surface area (TPSA) is 118 Å². The molecule has 0 aliphatic carbocycles. The van der Waals surface area contributed by atoms with E-state index >= 15 is 0 Å². The van der Waals surface area contributed by atoms with Crippen LogP contribution >= 0.6 is 0 Å². The lowest BCUT2D eigenvalue weighted by Crippen LogP contribution is -2.29. The minimum absolute atomic E-state index is 0.195. The summed E-state index contributed by atoms with van der Waals surface area (Å²) in [6.07, 6.45) is 0.990. The van der Waals surface area contributed by atoms with Crippen LogP contribution in [0.15, 0.2) is 48.5 Å². The quantitative estimate of drug-likeness (QED) is 0.519. The third-order valence-corrected chi connectivity index (χ3v) is 4.41. The van der Waals surface area contributed by atoms with Gasteiger partial charge in [-0.05, 0) is 49.2 Å². The number of carbonyl (C=O) groups excluding carboxylic acids is 1. The number of carbonyl (C=O) groups is 1. The van der Waals surface area contributed by atoms with Crippen LogP contribution in [0.5, 0.6) is 5.75 Å². The summed E-state index contributed by atoms with van der Waals surface area (Å²) < 4.78 is 19.8. The summed E-state index contributed by atoms with van der Waals surface area (Å²) in [5.41, 5.74) is 7.96. The number of hydrogen-bond acceptors (Lipinski definition) is 5. The molecule has 0 aliphatic heterocycles. The standard InChI is InChI=1S/C21H21FN6O2/c1-30-19-7-3-2-5-18(19)26-21(29)25-12-4-6-17-16(13-23)20(24)28(27-17)15-10-8-14(22)9-11-15/h2-3,5,7-11H,4,6,12,24H2,1H3,(H2,25,26,29). The zero-order valence-electron chi connectivity index (χ0n) is 16.4. The van der Waals surface area contributed by atoms with E-state index in [4.69, 9.17) is 10.5 Å². The first kappa shape index (κ1) is 20.7. The Bertz CT molecular complexity index is 1070. The Hall–Kier alpha value is -4.06. The average molecular weight is 408 g/mol. The molecular formula is C21H21FN6O2. The summed E-state index contributed by atoms with van der Waals surface area (Å²) in [4.78, 5) is 12.1. The number of nitrogens with two attached hydrogens (primary N) is 1. The SMILES string of the molecule is COc1ccccc1NC(=O)NCCCc1nn(-c2ccc(F)cc2)c(N)c1C#N. The molecule has 0 saturated carbocycles. The highest BCUT2D eigenvalue weighted by Gasteiger charge is 2.16. The van der Waals surface area contributed by atoms with Gasteiger partial charge in [0.1, 0.15) is 29.0 Å². The summed E-state index contributed by atoms with van der Waals surface area (Å²) in [5.74, 6) is 0.386. The predicted octanol–water partition coefficient (Wildman–Crippen LogP) is 3.23. The third-order valence-electron chi connectivity index (χ3n) is 4.41. The summed E-state index contributed by atoms with van der Waals surface area (Å²) >= 11 is 0. The van der Waals surface area contributed by atoms with Gasteiger partial charge in [0.15, 0.2) is 0 Å². The predicted molar refractivity (Wildman–Crippen MR) is 111 cm³/mol. The summed E-state index contributed by atoms with van der Waals surface area (Å²) in [6.45, 7) is 0.370. The molecule has 8 nitrogen and oxygen atoms in total. The number of benzene rings is 2. The van der Waals surface area contributed by atoms with Crippen molar-refractivity contribution in [3.05, 3.63) is 65.6 Å². The van der Waals surface area contributed by atoms with E-state index in [-0.39, 0.29) is 23.2 Å². The number of urea groups is 1. The highest BCUT2D eigenvalue weighted by atomic mass is 19.1. The Balaban J connectivity index is 1.58. The van der Waals surface area contributed by atoms with Gasteiger partial charge in [-0.1, -0.05) is 12.1 Å². The molecule has 2 aromatic carbocycles. The highest BCUT2D eigenvalue weighted by Crippen LogP contribution is 2.23. The minimum Gasteiger partial charge on any atom is -0.495 e. The molecule has 0 spiro atoms. The minimum atomic E-state index is -0.373. The molecule has 1 aromatic heterocycles. The molecule has 9 heteroatoms. The van der Waals surface area contributed by atoms with Gasteiger partial charge < -0.3 is 21.1 Å². The number of nitriles is 1. The largest absolute Gasteiger partial charge is 0.495 e. The maximum absolute atomic E-state index is 13.1. The molecule has 154 valence electrons. The van der Waals surface area contributed by atoms with Crippen molar-refractivity contribution in [1.82, 2.24) is 15.1 Å². The maximum Gasteiger partial charge on any atom is 0.319 e. The first-order chi connectivity index (χ1) is 14.5. The van der Waals surface area contributed by atoms with E-state index in [1.165, 1.54) is 36.1 Å². The van der Waals surface area contributed by atoms with Crippen molar-refractivity contribution >= 4 is 17.5 Å². The first-order valence-corrected chi connectivity index (χ1v) is 9.24. The lowest BCUT2D eigenvalue weighted by Gasteiger charge is -2.10. The van der Waals surface area contributed by atoms with Crippen LogP contribution in [0, 0.1) is 17.1 Å². The second-order valence-corrected chi connectivity index (χ2v) is 6.39. The Morgan fingerprint density at radius 1 is 1.27 bits per heavy atom. The van der Waals surface area contributed by atoms with Gasteiger partial charge in [0.2, 0.25) is 0 Å². The number of anilines is 2. The number of amides is 2. The zero-order valence-corrected chi connectivity index (χ0v) is 16.4. The van der Waals surface area contributed by atoms with Crippen LogP contribution in [0.3, 0.4) is 0 Å². The molecule has 30 heavy (non-hydrogen) atoms. The fourth-order valence-electron chi connectivity index (χ4n) is 2.93. The van der Waals surface area contributed by atoms with Crippen LogP contribution in [0.1, 0.15) is 17.7 Å². The number of rotatable bonds is 7. The number of nitrogens with zero attached hydrogens (tertiary/aromatic N) is 3. The highest BCUT2D eigenvalue weighted by molar-refractivity contribution is 5.90. The smallest absolute Gasteiger partial charge is 0.319 e. The van der Waals surface area contributed by atoms with E-state index in [9.17, 15) is 14.4 Å². The molecule has 0 radical (unpaired) electrons. The Kier molecular flexibility index (Phi) is 6.49. The molecule has 1 heterocycles. The van der Waals surface area contributed by atoms with Crippen molar-refractivity contribution in [2.24, 2.45) is 0 Å². The van der Waals surface area contributed by atoms with Crippen LogP contribution < -0.4 is 21.1 Å². The van der Waals surface area contributed by atoms with Gasteiger partial charge in [0.05, 0.1) is 24.2 Å². The van der Waals surface area contributed by atoms with Gasteiger partial charge in [-0.15, -0.1) is 0 Å². The number of para-hydroxylation sites is 2. The Labute approximate surface area is 173 Å². The zero-order chi connectivity index (χ0) is 21.5. The summed E-state index contributed by atoms with van der Waals surface area (Å²) in [7, 11) is 1.53. The number of halogens is 1. The van der Waals surface area contributed by atoms with Crippen LogP contribution in [-0.2, 0) is 6.42 Å². The number of methoxy groups -OCH3 is 1. The second kappa shape index (κ2) is 9.43. The average Bonchev–Trinajstić information content (AvgIpc) is 3.07. The molecular weight excluding hydrogens is 387 g/mol. The first-order valence-electron chi connectivity index (χ1n) is 9.24.